The Labute approximate surface area is 92.2 Å². The first kappa shape index (κ1) is 12.2. The zero-order chi connectivity index (χ0) is 12.5. The lowest BCUT2D eigenvalue weighted by Crippen LogP contribution is -2.39. The van der Waals surface area contributed by atoms with Gasteiger partial charge in [-0.3, -0.25) is 14.4 Å². The standard InChI is InChI=1S/C10H12O6/c1-5-8(14-6(2)11)9(13)10(4,15-5)16-7(3)12/h1-4H3. The summed E-state index contributed by atoms with van der Waals surface area (Å²) in [5.74, 6) is -3.83. The van der Waals surface area contributed by atoms with Gasteiger partial charge in [0.1, 0.15) is 5.76 Å². The van der Waals surface area contributed by atoms with Crippen LogP contribution in [-0.4, -0.2) is 23.5 Å². The summed E-state index contributed by atoms with van der Waals surface area (Å²) in [6.45, 7) is 5.05. The molecular weight excluding hydrogens is 216 g/mol. The first-order valence-electron chi connectivity index (χ1n) is 4.59. The van der Waals surface area contributed by atoms with E-state index >= 15 is 0 Å². The highest BCUT2D eigenvalue weighted by Gasteiger charge is 2.49. The number of hydrogen-bond donors (Lipinski definition) is 0. The molecule has 0 aromatic rings. The molecule has 0 amide bonds. The fourth-order valence-corrected chi connectivity index (χ4v) is 1.35. The van der Waals surface area contributed by atoms with E-state index in [1.807, 2.05) is 0 Å². The van der Waals surface area contributed by atoms with E-state index in [0.717, 1.165) is 13.8 Å². The molecule has 0 N–H and O–H groups in total. The van der Waals surface area contributed by atoms with Gasteiger partial charge in [-0.25, -0.2) is 0 Å². The number of ether oxygens (including phenoxy) is 3. The predicted molar refractivity (Wildman–Crippen MR) is 50.7 cm³/mol. The number of carbonyl (C=O) groups excluding carboxylic acids is 3. The minimum absolute atomic E-state index is 0.115. The Bertz CT molecular complexity index is 394. The van der Waals surface area contributed by atoms with Crippen LogP contribution in [0.4, 0.5) is 0 Å². The highest BCUT2D eigenvalue weighted by molar-refractivity contribution is 6.03. The van der Waals surface area contributed by atoms with E-state index in [1.54, 1.807) is 0 Å². The SMILES string of the molecule is CC(=O)OC1=C(C)OC(C)(OC(C)=O)C1=O. The molecule has 0 radical (unpaired) electrons. The zero-order valence-corrected chi connectivity index (χ0v) is 9.45. The number of ketones is 1. The summed E-state index contributed by atoms with van der Waals surface area (Å²) in [6, 6.07) is 0. The van der Waals surface area contributed by atoms with Crippen LogP contribution in [0.3, 0.4) is 0 Å². The maximum absolute atomic E-state index is 11.8. The van der Waals surface area contributed by atoms with Gasteiger partial charge in [-0.05, 0) is 6.92 Å². The van der Waals surface area contributed by atoms with Gasteiger partial charge in [-0.15, -0.1) is 0 Å². The van der Waals surface area contributed by atoms with Crippen LogP contribution < -0.4 is 0 Å². The predicted octanol–water partition coefficient (Wildman–Crippen LogP) is 0.660. The second kappa shape index (κ2) is 3.96. The van der Waals surface area contributed by atoms with Crippen molar-refractivity contribution in [3.05, 3.63) is 11.5 Å². The molecule has 0 aliphatic carbocycles. The average molecular weight is 228 g/mol. The van der Waals surface area contributed by atoms with Crippen LogP contribution >= 0.6 is 0 Å². The summed E-state index contributed by atoms with van der Waals surface area (Å²) in [5.41, 5.74) is 0. The molecule has 16 heavy (non-hydrogen) atoms. The van der Waals surface area contributed by atoms with Crippen LogP contribution in [0.2, 0.25) is 0 Å². The average Bonchev–Trinajstić information content (AvgIpc) is 2.27. The minimum atomic E-state index is -1.74. The van der Waals surface area contributed by atoms with E-state index < -0.39 is 23.5 Å². The van der Waals surface area contributed by atoms with Gasteiger partial charge in [0, 0.05) is 20.8 Å². The van der Waals surface area contributed by atoms with E-state index in [-0.39, 0.29) is 11.5 Å². The van der Waals surface area contributed by atoms with Gasteiger partial charge < -0.3 is 14.2 Å². The first-order valence-corrected chi connectivity index (χ1v) is 4.59. The van der Waals surface area contributed by atoms with Crippen molar-refractivity contribution in [1.29, 1.82) is 0 Å². The maximum Gasteiger partial charge on any atom is 0.318 e. The smallest absolute Gasteiger partial charge is 0.318 e. The van der Waals surface area contributed by atoms with Gasteiger partial charge in [0.25, 0.3) is 5.78 Å². The van der Waals surface area contributed by atoms with Crippen molar-refractivity contribution >= 4 is 17.7 Å². The summed E-state index contributed by atoms with van der Waals surface area (Å²) in [7, 11) is 0. The van der Waals surface area contributed by atoms with Crippen LogP contribution in [-0.2, 0) is 28.6 Å². The van der Waals surface area contributed by atoms with E-state index in [0.29, 0.717) is 0 Å². The molecule has 0 fully saturated rings. The molecule has 0 bridgehead atoms. The lowest BCUT2D eigenvalue weighted by atomic mass is 10.2. The molecule has 1 unspecified atom stereocenters. The van der Waals surface area contributed by atoms with Gasteiger partial charge in [0.2, 0.25) is 5.76 Å². The van der Waals surface area contributed by atoms with Crippen molar-refractivity contribution in [1.82, 2.24) is 0 Å². The molecule has 6 nitrogen and oxygen atoms in total. The number of esters is 2. The summed E-state index contributed by atoms with van der Waals surface area (Å²) in [6.07, 6.45) is 0. The Morgan fingerprint density at radius 3 is 2.25 bits per heavy atom. The molecule has 6 heteroatoms. The molecule has 1 aliphatic heterocycles. The van der Waals surface area contributed by atoms with Gasteiger partial charge in [0.05, 0.1) is 0 Å². The number of allylic oxidation sites excluding steroid dienone is 1. The molecule has 0 aromatic heterocycles. The third kappa shape index (κ3) is 2.21. The van der Waals surface area contributed by atoms with Crippen LogP contribution in [0.5, 0.6) is 0 Å². The minimum Gasteiger partial charge on any atom is -0.446 e. The normalized spacial score (nSPS) is 24.1. The molecular formula is C10H12O6. The van der Waals surface area contributed by atoms with Crippen LogP contribution in [0.25, 0.3) is 0 Å². The van der Waals surface area contributed by atoms with Crippen molar-refractivity contribution < 1.29 is 28.6 Å². The molecule has 0 spiro atoms. The van der Waals surface area contributed by atoms with Crippen molar-refractivity contribution in [3.8, 4) is 0 Å². The number of carbonyl (C=O) groups is 3. The summed E-state index contributed by atoms with van der Waals surface area (Å²) in [5, 5.41) is 0. The Morgan fingerprint density at radius 1 is 1.25 bits per heavy atom. The van der Waals surface area contributed by atoms with Gasteiger partial charge >= 0.3 is 17.7 Å². The monoisotopic (exact) mass is 228 g/mol. The number of hydrogen-bond acceptors (Lipinski definition) is 6. The van der Waals surface area contributed by atoms with E-state index in [4.69, 9.17) is 9.47 Å². The third-order valence-corrected chi connectivity index (χ3v) is 1.87. The number of Topliss-reactive ketones (excluding diaryl/α,β-unsaturated/α-hetero) is 1. The quantitative estimate of drug-likeness (QED) is 0.646. The van der Waals surface area contributed by atoms with Crippen LogP contribution in [0, 0.1) is 0 Å². The van der Waals surface area contributed by atoms with E-state index in [9.17, 15) is 14.4 Å². The summed E-state index contributed by atoms with van der Waals surface area (Å²) >= 11 is 0. The Morgan fingerprint density at radius 2 is 1.81 bits per heavy atom. The molecule has 88 valence electrons. The van der Waals surface area contributed by atoms with Crippen molar-refractivity contribution in [2.24, 2.45) is 0 Å². The van der Waals surface area contributed by atoms with Crippen LogP contribution in [0.1, 0.15) is 27.7 Å². The highest BCUT2D eigenvalue weighted by atomic mass is 16.7. The molecule has 1 rings (SSSR count). The van der Waals surface area contributed by atoms with Gasteiger partial charge in [0.15, 0.2) is 0 Å². The third-order valence-electron chi connectivity index (χ3n) is 1.87. The zero-order valence-electron chi connectivity index (χ0n) is 9.45. The Kier molecular flexibility index (Phi) is 3.02. The Balaban J connectivity index is 2.92. The van der Waals surface area contributed by atoms with Crippen molar-refractivity contribution in [3.63, 3.8) is 0 Å². The molecule has 0 saturated heterocycles. The lowest BCUT2D eigenvalue weighted by molar-refractivity contribution is -0.200. The lowest BCUT2D eigenvalue weighted by Gasteiger charge is -2.21. The fourth-order valence-electron chi connectivity index (χ4n) is 1.35. The molecule has 1 heterocycles. The highest BCUT2D eigenvalue weighted by Crippen LogP contribution is 2.32. The molecule has 1 aliphatic rings. The fraction of sp³-hybridized carbons (Fsp3) is 0.500. The van der Waals surface area contributed by atoms with Gasteiger partial charge in [-0.2, -0.15) is 0 Å². The maximum atomic E-state index is 11.8. The largest absolute Gasteiger partial charge is 0.446 e. The van der Waals surface area contributed by atoms with E-state index in [1.165, 1.54) is 13.8 Å². The Hall–Kier alpha value is -1.85. The molecule has 1 atom stereocenters. The molecule has 0 saturated carbocycles. The summed E-state index contributed by atoms with van der Waals surface area (Å²) in [4.78, 5) is 33.3. The number of rotatable bonds is 2. The summed E-state index contributed by atoms with van der Waals surface area (Å²) < 4.78 is 14.5. The topological polar surface area (TPSA) is 78.9 Å². The second-order valence-electron chi connectivity index (χ2n) is 3.45. The van der Waals surface area contributed by atoms with Crippen molar-refractivity contribution in [2.75, 3.05) is 0 Å². The van der Waals surface area contributed by atoms with Crippen molar-refractivity contribution in [2.45, 2.75) is 33.5 Å². The van der Waals surface area contributed by atoms with Gasteiger partial charge in [-0.1, -0.05) is 0 Å². The molecule has 0 aromatic carbocycles. The van der Waals surface area contributed by atoms with Crippen LogP contribution in [0.15, 0.2) is 11.5 Å². The van der Waals surface area contributed by atoms with E-state index in [2.05, 4.69) is 4.74 Å². The second-order valence-corrected chi connectivity index (χ2v) is 3.45. The first-order chi connectivity index (χ1) is 7.26.